The lowest BCUT2D eigenvalue weighted by molar-refractivity contribution is -0.810. The highest BCUT2D eigenvalue weighted by molar-refractivity contribution is 6.11. The Morgan fingerprint density at radius 3 is 1.56 bits per heavy atom. The van der Waals surface area contributed by atoms with Crippen LogP contribution in [-0.2, 0) is 19.2 Å². The maximum Gasteiger partial charge on any atom is 0.313 e. The molecule has 3 aromatic carbocycles. The van der Waals surface area contributed by atoms with Crippen LogP contribution in [0, 0.1) is 5.21 Å². The van der Waals surface area contributed by atoms with Crippen LogP contribution in [0.3, 0.4) is 0 Å². The monoisotopic (exact) mass is 776 g/mol. The molecular formula is C44H56N8O5. The summed E-state index contributed by atoms with van der Waals surface area (Å²) in [5.41, 5.74) is 4.99. The third-order valence-corrected chi connectivity index (χ3v) is 11.5. The minimum Gasteiger partial charge on any atom is -0.625 e. The highest BCUT2D eigenvalue weighted by atomic mass is 16.6. The molecule has 1 aromatic heterocycles. The number of hydroxylamine groups is 3. The van der Waals surface area contributed by atoms with E-state index in [2.05, 4.69) is 31.1 Å². The number of benzene rings is 3. The van der Waals surface area contributed by atoms with Gasteiger partial charge in [0, 0.05) is 65.9 Å². The Bertz CT molecular complexity index is 1960. The zero-order valence-corrected chi connectivity index (χ0v) is 33.0. The fourth-order valence-corrected chi connectivity index (χ4v) is 8.26. The number of likely N-dealkylation sites (tertiary alicyclic amines) is 3. The van der Waals surface area contributed by atoms with Gasteiger partial charge in [0.1, 0.15) is 0 Å². The van der Waals surface area contributed by atoms with Gasteiger partial charge in [0.05, 0.1) is 36.2 Å². The number of carbonyl (C=O) groups excluding carboxylic acids is 4. The van der Waals surface area contributed by atoms with Crippen molar-refractivity contribution in [2.45, 2.75) is 83.5 Å². The summed E-state index contributed by atoms with van der Waals surface area (Å²) in [5.74, 6) is -0.476. The quantitative estimate of drug-likeness (QED) is 0.0391. The fraction of sp³-hybridized carbons (Fsp3) is 0.477. The molecule has 0 radical (unpaired) electrons. The smallest absolute Gasteiger partial charge is 0.313 e. The Kier molecular flexibility index (Phi) is 13.4. The second kappa shape index (κ2) is 19.0. The van der Waals surface area contributed by atoms with E-state index in [0.29, 0.717) is 66.9 Å². The summed E-state index contributed by atoms with van der Waals surface area (Å²) in [6, 6.07) is 18.9. The predicted octanol–water partition coefficient (Wildman–Crippen LogP) is 7.50. The summed E-state index contributed by atoms with van der Waals surface area (Å²) in [5, 5.41) is 27.1. The third kappa shape index (κ3) is 10.9. The number of quaternary nitrogens is 1. The number of nitrogens with zero attached hydrogens (tertiary/aromatic N) is 4. The van der Waals surface area contributed by atoms with E-state index < -0.39 is 4.65 Å². The van der Waals surface area contributed by atoms with Gasteiger partial charge in [0.25, 0.3) is 0 Å². The molecule has 13 nitrogen and oxygen atoms in total. The van der Waals surface area contributed by atoms with Crippen LogP contribution in [0.25, 0.3) is 21.8 Å². The number of fused-ring (bicyclic) bond motifs is 2. The van der Waals surface area contributed by atoms with E-state index in [1.54, 1.807) is 0 Å². The van der Waals surface area contributed by atoms with Crippen molar-refractivity contribution in [3.8, 4) is 0 Å². The van der Waals surface area contributed by atoms with Crippen molar-refractivity contribution in [3.05, 3.63) is 65.9 Å². The lowest BCUT2D eigenvalue weighted by atomic mass is 10.1. The van der Waals surface area contributed by atoms with Gasteiger partial charge in [-0.3, -0.25) is 19.0 Å². The van der Waals surface area contributed by atoms with Gasteiger partial charge in [-0.15, -0.1) is 0 Å². The molecule has 0 saturated carbocycles. The summed E-state index contributed by atoms with van der Waals surface area (Å²) >= 11 is 0. The van der Waals surface area contributed by atoms with Gasteiger partial charge in [-0.25, -0.2) is 9.78 Å². The lowest BCUT2D eigenvalue weighted by Crippen LogP contribution is -2.50. The molecule has 57 heavy (non-hydrogen) atoms. The van der Waals surface area contributed by atoms with E-state index >= 15 is 0 Å². The zero-order chi connectivity index (χ0) is 39.6. The fourth-order valence-electron chi connectivity index (χ4n) is 8.26. The summed E-state index contributed by atoms with van der Waals surface area (Å²) in [6.07, 6.45) is 9.72. The molecule has 3 aliphatic rings. The first-order chi connectivity index (χ1) is 27.7. The Morgan fingerprint density at radius 2 is 1.02 bits per heavy atom. The summed E-state index contributed by atoms with van der Waals surface area (Å²) in [6.45, 7) is 6.42. The van der Waals surface area contributed by atoms with E-state index in [1.165, 1.54) is 25.7 Å². The average molecular weight is 777 g/mol. The number of amides is 4. The van der Waals surface area contributed by atoms with Crippen molar-refractivity contribution in [1.82, 2.24) is 14.8 Å². The largest absolute Gasteiger partial charge is 0.625 e. The van der Waals surface area contributed by atoms with Crippen molar-refractivity contribution in [2.24, 2.45) is 0 Å². The van der Waals surface area contributed by atoms with E-state index in [4.69, 9.17) is 4.98 Å². The van der Waals surface area contributed by atoms with Crippen LogP contribution >= 0.6 is 0 Å². The van der Waals surface area contributed by atoms with E-state index in [9.17, 15) is 24.4 Å². The van der Waals surface area contributed by atoms with Gasteiger partial charge in [0.2, 0.25) is 17.7 Å². The second-order valence-electron chi connectivity index (χ2n) is 15.9. The molecule has 4 amide bonds. The molecule has 3 aliphatic heterocycles. The van der Waals surface area contributed by atoms with Crippen LogP contribution in [0.4, 0.5) is 28.4 Å². The van der Waals surface area contributed by atoms with Gasteiger partial charge in [-0.2, -0.15) is 0 Å². The van der Waals surface area contributed by atoms with Gasteiger partial charge in [0.15, 0.2) is 0 Å². The molecule has 3 saturated heterocycles. The molecule has 4 N–H and O–H groups in total. The Hall–Kier alpha value is -4.95. The number of anilines is 5. The van der Waals surface area contributed by atoms with Crippen LogP contribution in [0.15, 0.2) is 60.7 Å². The normalized spacial score (nSPS) is 17.1. The number of unbranched alkanes of at least 4 members (excludes halogenated alkanes) is 1. The number of pyridine rings is 1. The topological polar surface area (TPSA) is 159 Å². The first-order valence-electron chi connectivity index (χ1n) is 20.9. The van der Waals surface area contributed by atoms with Crippen LogP contribution in [0.5, 0.6) is 0 Å². The highest BCUT2D eigenvalue weighted by Crippen LogP contribution is 2.36. The number of aromatic nitrogens is 1. The van der Waals surface area contributed by atoms with Crippen LogP contribution in [0.1, 0.15) is 83.5 Å². The first-order valence-corrected chi connectivity index (χ1v) is 20.9. The minimum atomic E-state index is -0.714. The molecule has 13 heteroatoms. The minimum absolute atomic E-state index is 0.0345. The maximum absolute atomic E-state index is 12.9. The molecule has 4 aromatic rings. The van der Waals surface area contributed by atoms with Crippen LogP contribution < -0.4 is 21.3 Å². The Labute approximate surface area is 334 Å². The number of hydrogen-bond donors (Lipinski definition) is 4. The van der Waals surface area contributed by atoms with Crippen LogP contribution in [0.2, 0.25) is 0 Å². The van der Waals surface area contributed by atoms with E-state index in [-0.39, 0.29) is 36.5 Å². The standard InChI is InChI=1S/C44H56N8O5/c53-40(10-2-3-11-43(56)52(57)28-8-1-9-29-52)45-32-12-14-33(15-13-32)48-44-36-18-16-34(46-41(54)20-26-50-22-4-5-23-50)30-38(36)49-39-31-35(17-19-37(39)44)47-42(55)21-27-51-24-6-7-25-51/h12-19,30-31H,1-11,20-29H2,(H,45,53)(H,46,54)(H,47,55)(H,48,49). The maximum atomic E-state index is 12.9. The SMILES string of the molecule is O=C(CCCCC(=O)[N+]1([O-])CCCCC1)Nc1ccc(Nc2c3ccc(NC(=O)CCN4CCCC4)cc3nc3cc(NC(=O)CCN4CCCC4)ccc23)cc1. The van der Waals surface area contributed by atoms with Crippen molar-refractivity contribution in [3.63, 3.8) is 0 Å². The molecule has 0 atom stereocenters. The number of nitrogens with one attached hydrogen (secondary N) is 4. The van der Waals surface area contributed by atoms with E-state index in [1.807, 2.05) is 60.7 Å². The van der Waals surface area contributed by atoms with Gasteiger partial charge >= 0.3 is 5.91 Å². The van der Waals surface area contributed by atoms with Crippen molar-refractivity contribution in [2.75, 3.05) is 73.6 Å². The van der Waals surface area contributed by atoms with Gasteiger partial charge in [-0.1, -0.05) is 0 Å². The molecule has 0 spiro atoms. The van der Waals surface area contributed by atoms with Crippen molar-refractivity contribution in [1.29, 1.82) is 0 Å². The van der Waals surface area contributed by atoms with Crippen molar-refractivity contribution >= 4 is 73.9 Å². The predicted molar refractivity (Wildman–Crippen MR) is 226 cm³/mol. The van der Waals surface area contributed by atoms with E-state index in [0.717, 1.165) is 80.7 Å². The zero-order valence-electron chi connectivity index (χ0n) is 33.0. The molecule has 0 aliphatic carbocycles. The highest BCUT2D eigenvalue weighted by Gasteiger charge is 2.28. The molecule has 4 heterocycles. The number of piperidine rings is 1. The number of rotatable bonds is 16. The summed E-state index contributed by atoms with van der Waals surface area (Å²) < 4.78 is -0.714. The molecule has 0 unspecified atom stereocenters. The first kappa shape index (κ1) is 40.3. The number of hydrogen-bond acceptors (Lipinski definition) is 9. The molecule has 0 bridgehead atoms. The lowest BCUT2D eigenvalue weighted by Gasteiger charge is -2.42. The Balaban J connectivity index is 1.02. The molecule has 3 fully saturated rings. The third-order valence-electron chi connectivity index (χ3n) is 11.5. The molecule has 302 valence electrons. The van der Waals surface area contributed by atoms with Crippen molar-refractivity contribution < 1.29 is 23.8 Å². The van der Waals surface area contributed by atoms with Gasteiger partial charge in [-0.05, 0) is 145 Å². The molecular weight excluding hydrogens is 721 g/mol. The van der Waals surface area contributed by atoms with Gasteiger partial charge < -0.3 is 36.3 Å². The Morgan fingerprint density at radius 1 is 0.561 bits per heavy atom. The average Bonchev–Trinajstić information content (AvgIpc) is 3.94. The van der Waals surface area contributed by atoms with Crippen LogP contribution in [-0.4, -0.2) is 95.4 Å². The second-order valence-corrected chi connectivity index (χ2v) is 15.9. The number of carbonyl (C=O) groups is 4. The molecule has 7 rings (SSSR count). The summed E-state index contributed by atoms with van der Waals surface area (Å²) in [7, 11) is 0. The summed E-state index contributed by atoms with van der Waals surface area (Å²) in [4.78, 5) is 60.7.